The highest BCUT2D eigenvalue weighted by atomic mass is 32.2. The third-order valence-electron chi connectivity index (χ3n) is 4.49. The largest absolute Gasteiger partial charge is 0.423 e. The molecule has 1 heterocycles. The van der Waals surface area contributed by atoms with Crippen molar-refractivity contribution >= 4 is 52.3 Å². The summed E-state index contributed by atoms with van der Waals surface area (Å²) in [5.74, 6) is -0.115. The van der Waals surface area contributed by atoms with Gasteiger partial charge >= 0.3 is 5.97 Å². The van der Waals surface area contributed by atoms with E-state index in [0.717, 1.165) is 23.1 Å². The van der Waals surface area contributed by atoms with Crippen LogP contribution in [0.3, 0.4) is 0 Å². The summed E-state index contributed by atoms with van der Waals surface area (Å²) < 4.78 is 10.9. The number of aryl methyl sites for hydroxylation is 1. The van der Waals surface area contributed by atoms with Crippen molar-refractivity contribution in [2.24, 2.45) is 0 Å². The Labute approximate surface area is 191 Å². The van der Waals surface area contributed by atoms with E-state index >= 15 is 0 Å². The summed E-state index contributed by atoms with van der Waals surface area (Å²) in [6.45, 7) is 3.13. The number of amides is 1. The number of carbonyl (C=O) groups is 2. The number of benzene rings is 2. The number of thioether (sulfide) groups is 1. The van der Waals surface area contributed by atoms with E-state index in [-0.39, 0.29) is 5.91 Å². The molecule has 1 fully saturated rings. The monoisotopic (exact) mass is 453 g/mol. The van der Waals surface area contributed by atoms with Gasteiger partial charge in [-0.25, -0.2) is 4.79 Å². The standard InChI is InChI=1S/C24H23NO4S2/c1-17-4-6-18(7-5-17)10-13-22(26)29-20-11-8-19(9-12-20)16-21-23(27)25(24(30)31-21)14-3-15-28-2/h4-13,16H,3,14-15H2,1-2H3/b13-10+,21-16-. The van der Waals surface area contributed by atoms with E-state index in [2.05, 4.69) is 0 Å². The molecule has 3 rings (SSSR count). The molecule has 7 heteroatoms. The number of rotatable bonds is 8. The highest BCUT2D eigenvalue weighted by Gasteiger charge is 2.31. The molecule has 31 heavy (non-hydrogen) atoms. The van der Waals surface area contributed by atoms with Crippen molar-refractivity contribution in [1.29, 1.82) is 0 Å². The number of hydrogen-bond acceptors (Lipinski definition) is 6. The fourth-order valence-corrected chi connectivity index (χ4v) is 4.14. The van der Waals surface area contributed by atoms with Gasteiger partial charge in [0.05, 0.1) is 4.91 Å². The molecule has 0 bridgehead atoms. The molecule has 0 N–H and O–H groups in total. The predicted molar refractivity (Wildman–Crippen MR) is 129 cm³/mol. The molecular formula is C24H23NO4S2. The summed E-state index contributed by atoms with van der Waals surface area (Å²) in [6.07, 6.45) is 5.63. The van der Waals surface area contributed by atoms with E-state index in [1.807, 2.05) is 31.2 Å². The second-order valence-corrected chi connectivity index (χ2v) is 8.59. The van der Waals surface area contributed by atoms with Crippen LogP contribution in [-0.4, -0.2) is 41.4 Å². The van der Waals surface area contributed by atoms with Gasteiger partial charge in [0.15, 0.2) is 0 Å². The summed E-state index contributed by atoms with van der Waals surface area (Å²) in [4.78, 5) is 26.8. The first-order chi connectivity index (χ1) is 15.0. The Morgan fingerprint density at radius 1 is 1.10 bits per heavy atom. The summed E-state index contributed by atoms with van der Waals surface area (Å²) in [7, 11) is 1.63. The maximum absolute atomic E-state index is 12.6. The SMILES string of the molecule is COCCCN1C(=O)/C(=C/c2ccc(OC(=O)/C=C/c3ccc(C)cc3)cc2)SC1=S. The van der Waals surface area contributed by atoms with E-state index in [1.165, 1.54) is 17.8 Å². The van der Waals surface area contributed by atoms with Crippen LogP contribution < -0.4 is 4.74 Å². The van der Waals surface area contributed by atoms with Gasteiger partial charge in [-0.3, -0.25) is 9.69 Å². The first-order valence-corrected chi connectivity index (χ1v) is 11.0. The summed E-state index contributed by atoms with van der Waals surface area (Å²) in [5.41, 5.74) is 2.91. The molecule has 2 aromatic rings. The van der Waals surface area contributed by atoms with Gasteiger partial charge in [-0.1, -0.05) is 65.9 Å². The average Bonchev–Trinajstić information content (AvgIpc) is 3.02. The number of ether oxygens (including phenoxy) is 2. The quantitative estimate of drug-likeness (QED) is 0.187. The molecule has 160 valence electrons. The lowest BCUT2D eigenvalue weighted by Crippen LogP contribution is -2.29. The minimum Gasteiger partial charge on any atom is -0.423 e. The van der Waals surface area contributed by atoms with Gasteiger partial charge in [-0.15, -0.1) is 0 Å². The molecule has 1 amide bonds. The molecule has 1 aliphatic heterocycles. The van der Waals surface area contributed by atoms with Crippen LogP contribution in [0.25, 0.3) is 12.2 Å². The van der Waals surface area contributed by atoms with E-state index in [9.17, 15) is 9.59 Å². The number of nitrogens with zero attached hydrogens (tertiary/aromatic N) is 1. The molecule has 1 aliphatic rings. The van der Waals surface area contributed by atoms with E-state index in [4.69, 9.17) is 21.7 Å². The number of carbonyl (C=O) groups excluding carboxylic acids is 2. The smallest absolute Gasteiger partial charge is 0.336 e. The van der Waals surface area contributed by atoms with Gasteiger partial charge in [0.1, 0.15) is 10.1 Å². The Morgan fingerprint density at radius 2 is 1.77 bits per heavy atom. The lowest BCUT2D eigenvalue weighted by atomic mass is 10.1. The van der Waals surface area contributed by atoms with Crippen LogP contribution in [0.4, 0.5) is 0 Å². The third-order valence-corrected chi connectivity index (χ3v) is 5.87. The molecule has 0 saturated carbocycles. The molecular weight excluding hydrogens is 430 g/mol. The lowest BCUT2D eigenvalue weighted by Gasteiger charge is -2.13. The predicted octanol–water partition coefficient (Wildman–Crippen LogP) is 4.85. The van der Waals surface area contributed by atoms with Crippen LogP contribution in [0.5, 0.6) is 5.75 Å². The van der Waals surface area contributed by atoms with Crippen LogP contribution in [-0.2, 0) is 14.3 Å². The minimum atomic E-state index is -0.453. The Kier molecular flexibility index (Phi) is 8.17. The fraction of sp³-hybridized carbons (Fsp3) is 0.208. The summed E-state index contributed by atoms with van der Waals surface area (Å²) >= 11 is 6.61. The molecule has 0 unspecified atom stereocenters. The molecule has 5 nitrogen and oxygen atoms in total. The first-order valence-electron chi connectivity index (χ1n) is 9.77. The normalized spacial score (nSPS) is 15.3. The van der Waals surface area contributed by atoms with Crippen molar-refractivity contribution < 1.29 is 19.1 Å². The van der Waals surface area contributed by atoms with Gasteiger partial charge in [0.2, 0.25) is 0 Å². The Hall–Kier alpha value is -2.74. The molecule has 0 radical (unpaired) electrons. The Morgan fingerprint density at radius 3 is 2.45 bits per heavy atom. The van der Waals surface area contributed by atoms with Crippen LogP contribution in [0.2, 0.25) is 0 Å². The first kappa shape index (κ1) is 22.9. The zero-order chi connectivity index (χ0) is 22.2. The Bertz CT molecular complexity index is 1010. The number of hydrogen-bond donors (Lipinski definition) is 0. The second kappa shape index (κ2) is 11.0. The average molecular weight is 454 g/mol. The molecule has 0 spiro atoms. The maximum atomic E-state index is 12.6. The van der Waals surface area contributed by atoms with E-state index < -0.39 is 5.97 Å². The topological polar surface area (TPSA) is 55.8 Å². The van der Waals surface area contributed by atoms with E-state index in [0.29, 0.717) is 28.1 Å². The summed E-state index contributed by atoms with van der Waals surface area (Å²) in [6, 6.07) is 14.8. The van der Waals surface area contributed by atoms with Crippen LogP contribution in [0.1, 0.15) is 23.1 Å². The zero-order valence-corrected chi connectivity index (χ0v) is 19.0. The molecule has 0 aromatic heterocycles. The highest BCUT2D eigenvalue weighted by Crippen LogP contribution is 2.32. The van der Waals surface area contributed by atoms with Gasteiger partial charge < -0.3 is 9.47 Å². The van der Waals surface area contributed by atoms with Gasteiger partial charge in [0, 0.05) is 26.3 Å². The number of thiocarbonyl (C=S) groups is 1. The maximum Gasteiger partial charge on any atom is 0.336 e. The van der Waals surface area contributed by atoms with Gasteiger partial charge in [0.25, 0.3) is 5.91 Å². The zero-order valence-electron chi connectivity index (χ0n) is 17.4. The van der Waals surface area contributed by atoms with Crippen molar-refractivity contribution in [2.45, 2.75) is 13.3 Å². The van der Waals surface area contributed by atoms with E-state index in [1.54, 1.807) is 48.4 Å². The molecule has 1 saturated heterocycles. The van der Waals surface area contributed by atoms with Crippen molar-refractivity contribution in [3.63, 3.8) is 0 Å². The highest BCUT2D eigenvalue weighted by molar-refractivity contribution is 8.26. The van der Waals surface area contributed by atoms with Crippen molar-refractivity contribution in [2.75, 3.05) is 20.3 Å². The second-order valence-electron chi connectivity index (χ2n) is 6.91. The van der Waals surface area contributed by atoms with Crippen LogP contribution in [0.15, 0.2) is 59.5 Å². The van der Waals surface area contributed by atoms with Crippen molar-refractivity contribution in [3.8, 4) is 5.75 Å². The summed E-state index contributed by atoms with van der Waals surface area (Å²) in [5, 5.41) is 0. The Balaban J connectivity index is 1.58. The van der Waals surface area contributed by atoms with Crippen LogP contribution >= 0.6 is 24.0 Å². The fourth-order valence-electron chi connectivity index (χ4n) is 2.84. The molecule has 0 atom stereocenters. The number of methoxy groups -OCH3 is 1. The van der Waals surface area contributed by atoms with Crippen molar-refractivity contribution in [3.05, 3.63) is 76.2 Å². The lowest BCUT2D eigenvalue weighted by molar-refractivity contribution is -0.129. The molecule has 0 aliphatic carbocycles. The molecule has 2 aromatic carbocycles. The minimum absolute atomic E-state index is 0.0946. The number of esters is 1. The van der Waals surface area contributed by atoms with Gasteiger partial charge in [-0.2, -0.15) is 0 Å². The third kappa shape index (κ3) is 6.62. The van der Waals surface area contributed by atoms with Crippen LogP contribution in [0, 0.1) is 6.92 Å². The van der Waals surface area contributed by atoms with Crippen molar-refractivity contribution in [1.82, 2.24) is 4.90 Å². The van der Waals surface area contributed by atoms with Gasteiger partial charge in [-0.05, 0) is 48.8 Å².